The van der Waals surface area contributed by atoms with Gasteiger partial charge in [-0.3, -0.25) is 0 Å². The summed E-state index contributed by atoms with van der Waals surface area (Å²) in [7, 11) is 0. The average Bonchev–Trinajstić information content (AvgIpc) is 2.78. The van der Waals surface area contributed by atoms with Gasteiger partial charge in [0.25, 0.3) is 0 Å². The predicted octanol–water partition coefficient (Wildman–Crippen LogP) is 4.40. The van der Waals surface area contributed by atoms with Crippen LogP contribution < -0.4 is 10.9 Å². The molecule has 0 spiro atoms. The van der Waals surface area contributed by atoms with Crippen LogP contribution in [0.2, 0.25) is 0 Å². The third-order valence-electron chi connectivity index (χ3n) is 5.79. The first-order valence-corrected chi connectivity index (χ1v) is 10.3. The number of benzene rings is 2. The molecule has 3 aromatic rings. The van der Waals surface area contributed by atoms with Crippen molar-refractivity contribution in [1.29, 1.82) is 0 Å². The molecule has 1 fully saturated rings. The molecule has 2 aromatic carbocycles. The molecule has 1 aromatic heterocycles. The molecule has 0 radical (unpaired) electrons. The van der Waals surface area contributed by atoms with E-state index in [1.54, 1.807) is 43.3 Å². The van der Waals surface area contributed by atoms with Gasteiger partial charge in [-0.2, -0.15) is 0 Å². The van der Waals surface area contributed by atoms with Crippen molar-refractivity contribution in [2.75, 3.05) is 11.9 Å². The Kier molecular flexibility index (Phi) is 6.04. The van der Waals surface area contributed by atoms with Crippen LogP contribution in [0.3, 0.4) is 0 Å². The van der Waals surface area contributed by atoms with Gasteiger partial charge in [-0.15, -0.1) is 0 Å². The molecule has 1 saturated heterocycles. The zero-order valence-corrected chi connectivity index (χ0v) is 17.3. The van der Waals surface area contributed by atoms with Gasteiger partial charge in [0.05, 0.1) is 5.56 Å². The summed E-state index contributed by atoms with van der Waals surface area (Å²) in [6.07, 6.45) is -2.89. The molecule has 0 saturated carbocycles. The van der Waals surface area contributed by atoms with Crippen LogP contribution in [0, 0.1) is 11.8 Å². The van der Waals surface area contributed by atoms with Gasteiger partial charge < -0.3 is 19.2 Å². The molecule has 7 heteroatoms. The third kappa shape index (κ3) is 4.61. The van der Waals surface area contributed by atoms with Crippen LogP contribution in [0.15, 0.2) is 69.9 Å². The number of halogens is 1. The normalized spacial score (nSPS) is 25.8. The van der Waals surface area contributed by atoms with Crippen LogP contribution >= 0.6 is 0 Å². The highest BCUT2D eigenvalue weighted by Gasteiger charge is 2.43. The fourth-order valence-electron chi connectivity index (χ4n) is 3.68. The second kappa shape index (κ2) is 8.89. The maximum Gasteiger partial charge on any atom is 0.340 e. The predicted molar refractivity (Wildman–Crippen MR) is 115 cm³/mol. The Hall–Kier alpha value is -3.19. The van der Waals surface area contributed by atoms with E-state index in [0.29, 0.717) is 16.8 Å². The highest BCUT2D eigenvalue weighted by molar-refractivity contribution is 5.89. The fraction of sp³-hybridized carbons (Fsp3) is 0.333. The summed E-state index contributed by atoms with van der Waals surface area (Å²) >= 11 is 0. The number of esters is 1. The molecule has 5 atom stereocenters. The Morgan fingerprint density at radius 1 is 1.06 bits per heavy atom. The summed E-state index contributed by atoms with van der Waals surface area (Å²) < 4.78 is 31.6. The van der Waals surface area contributed by atoms with Crippen LogP contribution in [0.5, 0.6) is 0 Å². The molecule has 162 valence electrons. The summed E-state index contributed by atoms with van der Waals surface area (Å²) in [5.74, 6) is -1.16. The van der Waals surface area contributed by atoms with E-state index in [1.165, 1.54) is 6.07 Å². The second-order valence-electron chi connectivity index (χ2n) is 7.86. The number of fused-ring (bicyclic) bond motifs is 1. The van der Waals surface area contributed by atoms with E-state index < -0.39 is 30.2 Å². The lowest BCUT2D eigenvalue weighted by molar-refractivity contribution is -0.225. The zero-order chi connectivity index (χ0) is 22.0. The number of ether oxygens (including phenoxy) is 2. The van der Waals surface area contributed by atoms with Gasteiger partial charge in [0, 0.05) is 35.7 Å². The van der Waals surface area contributed by atoms with Gasteiger partial charge in [0.2, 0.25) is 6.29 Å². The molecule has 1 N–H and O–H groups in total. The van der Waals surface area contributed by atoms with Gasteiger partial charge in [-0.25, -0.2) is 14.0 Å². The van der Waals surface area contributed by atoms with Gasteiger partial charge in [-0.1, -0.05) is 32.0 Å². The Labute approximate surface area is 179 Å². The molecule has 4 rings (SSSR count). The van der Waals surface area contributed by atoms with Crippen molar-refractivity contribution in [1.82, 2.24) is 0 Å². The van der Waals surface area contributed by atoms with E-state index in [9.17, 15) is 14.0 Å². The average molecular weight is 424 g/mol. The lowest BCUT2D eigenvalue weighted by Crippen LogP contribution is -2.51. The monoisotopic (exact) mass is 424 g/mol. The summed E-state index contributed by atoms with van der Waals surface area (Å²) in [5.41, 5.74) is 1.09. The number of anilines is 1. The largest absolute Gasteiger partial charge is 0.432 e. The first-order valence-electron chi connectivity index (χ1n) is 10.3. The number of carbonyl (C=O) groups is 1. The minimum absolute atomic E-state index is 0.167. The third-order valence-corrected chi connectivity index (χ3v) is 5.79. The van der Waals surface area contributed by atoms with E-state index in [-0.39, 0.29) is 18.4 Å². The van der Waals surface area contributed by atoms with Gasteiger partial charge >= 0.3 is 11.6 Å². The maximum absolute atomic E-state index is 15.0. The molecule has 0 aliphatic carbocycles. The molecule has 0 bridgehead atoms. The van der Waals surface area contributed by atoms with Gasteiger partial charge in [-0.05, 0) is 36.2 Å². The Morgan fingerprint density at radius 2 is 1.81 bits per heavy atom. The maximum atomic E-state index is 15.0. The van der Waals surface area contributed by atoms with Crippen molar-refractivity contribution < 1.29 is 23.1 Å². The Balaban J connectivity index is 1.44. The van der Waals surface area contributed by atoms with Crippen molar-refractivity contribution >= 4 is 22.6 Å². The van der Waals surface area contributed by atoms with Crippen LogP contribution in [0.25, 0.3) is 11.0 Å². The molecule has 6 nitrogen and oxygen atoms in total. The highest BCUT2D eigenvalue weighted by Crippen LogP contribution is 2.34. The van der Waals surface area contributed by atoms with Crippen molar-refractivity contribution in [2.24, 2.45) is 11.8 Å². The minimum atomic E-state index is -1.23. The van der Waals surface area contributed by atoms with E-state index >= 15 is 0 Å². The molecular weight excluding hydrogens is 400 g/mol. The van der Waals surface area contributed by atoms with Crippen molar-refractivity contribution in [3.8, 4) is 0 Å². The standard InChI is InChI=1S/C24H24FNO5/c1-14-15(2)24(31-23(28)17-6-4-3-5-7-17)30-20(22(14)25)13-26-18-10-8-16-9-11-21(27)29-19(16)12-18/h3-12,14-15,20,22,24,26H,13H2,1-2H3/t14-,15?,20?,22+,24?/m1/s1/i25-1. The number of hydrogen-bond acceptors (Lipinski definition) is 6. The molecular formula is C24H24FNO5. The number of hydrogen-bond donors (Lipinski definition) is 1. The molecule has 1 aliphatic rings. The summed E-state index contributed by atoms with van der Waals surface area (Å²) in [6, 6.07) is 17.0. The Morgan fingerprint density at radius 3 is 2.58 bits per heavy atom. The van der Waals surface area contributed by atoms with Crippen molar-refractivity contribution in [3.05, 3.63) is 76.6 Å². The first kappa shape index (κ1) is 21.1. The first-order chi connectivity index (χ1) is 14.9. The Bertz CT molecular complexity index is 1120. The number of alkyl halides is 1. The molecule has 2 heterocycles. The van der Waals surface area contributed by atoms with Gasteiger partial charge in [0.15, 0.2) is 0 Å². The lowest BCUT2D eigenvalue weighted by atomic mass is 9.85. The summed E-state index contributed by atoms with van der Waals surface area (Å²) in [5, 5.41) is 3.92. The van der Waals surface area contributed by atoms with Crippen LogP contribution in [0.4, 0.5) is 10.1 Å². The number of nitrogens with one attached hydrogen (secondary N) is 1. The molecule has 31 heavy (non-hydrogen) atoms. The quantitative estimate of drug-likeness (QED) is 0.483. The van der Waals surface area contributed by atoms with Crippen molar-refractivity contribution in [2.45, 2.75) is 32.4 Å². The minimum Gasteiger partial charge on any atom is -0.432 e. The van der Waals surface area contributed by atoms with E-state index in [2.05, 4.69) is 5.32 Å². The van der Waals surface area contributed by atoms with E-state index in [0.717, 1.165) is 5.39 Å². The van der Waals surface area contributed by atoms with Crippen LogP contribution in [-0.2, 0) is 9.47 Å². The van der Waals surface area contributed by atoms with Crippen LogP contribution in [-0.4, -0.2) is 31.1 Å². The number of carbonyl (C=O) groups excluding carboxylic acids is 1. The zero-order valence-electron chi connectivity index (χ0n) is 17.3. The molecule has 1 aliphatic heterocycles. The fourth-order valence-corrected chi connectivity index (χ4v) is 3.68. The highest BCUT2D eigenvalue weighted by atomic mass is 18.2. The summed E-state index contributed by atoms with van der Waals surface area (Å²) in [6.45, 7) is 3.77. The van der Waals surface area contributed by atoms with Gasteiger partial charge in [0.1, 0.15) is 17.9 Å². The molecule has 3 unspecified atom stereocenters. The van der Waals surface area contributed by atoms with Crippen LogP contribution in [0.1, 0.15) is 24.2 Å². The molecule has 0 amide bonds. The summed E-state index contributed by atoms with van der Waals surface area (Å²) in [4.78, 5) is 23.9. The SMILES string of the molecule is CC1C(OC(=O)c2ccccc2)OC(CNc2ccc3ccc(=O)oc3c2)[C@@H]([18F])[C@@H]1C. The van der Waals surface area contributed by atoms with E-state index in [4.69, 9.17) is 13.9 Å². The van der Waals surface area contributed by atoms with E-state index in [1.807, 2.05) is 25.1 Å². The second-order valence-corrected chi connectivity index (χ2v) is 7.86. The number of rotatable bonds is 5. The van der Waals surface area contributed by atoms with Crippen molar-refractivity contribution in [3.63, 3.8) is 0 Å². The smallest absolute Gasteiger partial charge is 0.340 e. The topological polar surface area (TPSA) is 77.8 Å². The lowest BCUT2D eigenvalue weighted by Gasteiger charge is -2.40.